The highest BCUT2D eigenvalue weighted by molar-refractivity contribution is 6.36. The van der Waals surface area contributed by atoms with Crippen LogP contribution in [0.3, 0.4) is 0 Å². The molecule has 2 rings (SSSR count). The Morgan fingerprint density at radius 1 is 1.28 bits per heavy atom. The zero-order valence-electron chi connectivity index (χ0n) is 9.53. The van der Waals surface area contributed by atoms with Crippen molar-refractivity contribution in [1.29, 1.82) is 0 Å². The van der Waals surface area contributed by atoms with Crippen LogP contribution in [-0.2, 0) is 0 Å². The summed E-state index contributed by atoms with van der Waals surface area (Å²) in [7, 11) is 0. The summed E-state index contributed by atoms with van der Waals surface area (Å²) in [6.07, 6.45) is 2.74. The Bertz CT molecular complexity index is 548. The minimum absolute atomic E-state index is 0.0149. The van der Waals surface area contributed by atoms with Crippen molar-refractivity contribution in [1.82, 2.24) is 4.98 Å². The van der Waals surface area contributed by atoms with Crippen molar-refractivity contribution in [2.24, 2.45) is 0 Å². The van der Waals surface area contributed by atoms with Crippen LogP contribution in [0.15, 0.2) is 36.7 Å². The summed E-state index contributed by atoms with van der Waals surface area (Å²) in [5.41, 5.74) is 0.433. The van der Waals surface area contributed by atoms with Gasteiger partial charge in [0.2, 0.25) is 0 Å². The quantitative estimate of drug-likeness (QED) is 0.765. The van der Waals surface area contributed by atoms with E-state index in [0.717, 1.165) is 0 Å². The van der Waals surface area contributed by atoms with Crippen LogP contribution in [0.1, 0.15) is 18.6 Å². The second-order valence-corrected chi connectivity index (χ2v) is 4.49. The molecule has 0 aliphatic carbocycles. The van der Waals surface area contributed by atoms with Gasteiger partial charge in [-0.2, -0.15) is 0 Å². The summed E-state index contributed by atoms with van der Waals surface area (Å²) < 4.78 is 19.0. The third-order valence-corrected chi connectivity index (χ3v) is 3.15. The van der Waals surface area contributed by atoms with E-state index >= 15 is 0 Å². The molecular weight excluding hydrogens is 276 g/mol. The summed E-state index contributed by atoms with van der Waals surface area (Å²) in [5.74, 6) is 0.0547. The van der Waals surface area contributed by atoms with Crippen molar-refractivity contribution in [3.63, 3.8) is 0 Å². The monoisotopic (exact) mass is 285 g/mol. The normalized spacial score (nSPS) is 12.2. The first-order valence-electron chi connectivity index (χ1n) is 5.29. The van der Waals surface area contributed by atoms with Gasteiger partial charge in [0.05, 0.1) is 11.2 Å². The van der Waals surface area contributed by atoms with Crippen molar-refractivity contribution in [2.75, 3.05) is 0 Å². The molecule has 0 aliphatic rings. The van der Waals surface area contributed by atoms with Crippen molar-refractivity contribution >= 4 is 23.2 Å². The first-order valence-corrected chi connectivity index (χ1v) is 6.05. The molecule has 94 valence electrons. The third kappa shape index (κ3) is 2.74. The Labute approximate surface area is 114 Å². The number of rotatable bonds is 3. The van der Waals surface area contributed by atoms with E-state index in [9.17, 15) is 4.39 Å². The molecule has 0 fully saturated rings. The zero-order chi connectivity index (χ0) is 13.1. The number of nitrogens with zero attached hydrogens (tertiary/aromatic N) is 1. The molecule has 1 aromatic carbocycles. The van der Waals surface area contributed by atoms with Gasteiger partial charge in [0, 0.05) is 16.8 Å². The molecule has 0 radical (unpaired) electrons. The van der Waals surface area contributed by atoms with Gasteiger partial charge in [-0.1, -0.05) is 23.2 Å². The molecule has 0 saturated carbocycles. The highest BCUT2D eigenvalue weighted by Crippen LogP contribution is 2.34. The maximum atomic E-state index is 13.4. The minimum Gasteiger partial charge on any atom is -0.484 e. The fourth-order valence-corrected chi connectivity index (χ4v) is 2.27. The van der Waals surface area contributed by atoms with Gasteiger partial charge in [0.15, 0.2) is 0 Å². The number of hydrogen-bond donors (Lipinski definition) is 0. The number of benzene rings is 1. The van der Waals surface area contributed by atoms with Crippen molar-refractivity contribution < 1.29 is 9.13 Å². The number of halogens is 3. The molecule has 0 bridgehead atoms. The average molecular weight is 286 g/mol. The molecule has 0 N–H and O–H groups in total. The SMILES string of the molecule is C[C@@H](Oc1cccnc1)c1c(Cl)ccc(F)c1Cl. The van der Waals surface area contributed by atoms with E-state index in [2.05, 4.69) is 4.98 Å². The van der Waals surface area contributed by atoms with Gasteiger partial charge < -0.3 is 4.74 Å². The second-order valence-electron chi connectivity index (χ2n) is 3.71. The molecule has 2 nitrogen and oxygen atoms in total. The first-order chi connectivity index (χ1) is 8.59. The smallest absolute Gasteiger partial charge is 0.142 e. The fraction of sp³-hybridized carbons (Fsp3) is 0.154. The number of hydrogen-bond acceptors (Lipinski definition) is 2. The Kier molecular flexibility index (Phi) is 4.04. The van der Waals surface area contributed by atoms with Gasteiger partial charge in [-0.25, -0.2) is 4.39 Å². The van der Waals surface area contributed by atoms with E-state index in [0.29, 0.717) is 16.3 Å². The lowest BCUT2D eigenvalue weighted by Crippen LogP contribution is -2.05. The molecule has 0 spiro atoms. The average Bonchev–Trinajstić information content (AvgIpc) is 2.36. The molecule has 0 amide bonds. The van der Waals surface area contributed by atoms with Crippen LogP contribution >= 0.6 is 23.2 Å². The van der Waals surface area contributed by atoms with Crippen molar-refractivity contribution in [3.05, 3.63) is 58.1 Å². The van der Waals surface area contributed by atoms with Gasteiger partial charge in [0.25, 0.3) is 0 Å². The van der Waals surface area contributed by atoms with E-state index in [1.54, 1.807) is 31.5 Å². The highest BCUT2D eigenvalue weighted by atomic mass is 35.5. The predicted molar refractivity (Wildman–Crippen MR) is 69.7 cm³/mol. The van der Waals surface area contributed by atoms with Crippen LogP contribution < -0.4 is 4.74 Å². The predicted octanol–water partition coefficient (Wildman–Crippen LogP) is 4.67. The zero-order valence-corrected chi connectivity index (χ0v) is 11.0. The lowest BCUT2D eigenvalue weighted by Gasteiger charge is -2.17. The van der Waals surface area contributed by atoms with E-state index in [4.69, 9.17) is 27.9 Å². The summed E-state index contributed by atoms with van der Waals surface area (Å²) in [5, 5.41) is 0.358. The summed E-state index contributed by atoms with van der Waals surface area (Å²) >= 11 is 11.9. The van der Waals surface area contributed by atoms with E-state index in [-0.39, 0.29) is 5.02 Å². The molecule has 0 saturated heterocycles. The van der Waals surface area contributed by atoms with Crippen LogP contribution in [0.25, 0.3) is 0 Å². The van der Waals surface area contributed by atoms with E-state index in [1.165, 1.54) is 12.1 Å². The molecule has 0 unspecified atom stereocenters. The van der Waals surface area contributed by atoms with Gasteiger partial charge in [-0.15, -0.1) is 0 Å². The number of ether oxygens (including phenoxy) is 1. The molecule has 1 aromatic heterocycles. The van der Waals surface area contributed by atoms with Crippen LogP contribution in [0, 0.1) is 5.82 Å². The van der Waals surface area contributed by atoms with Crippen LogP contribution in [-0.4, -0.2) is 4.98 Å². The summed E-state index contributed by atoms with van der Waals surface area (Å²) in [6, 6.07) is 6.19. The Morgan fingerprint density at radius 3 is 2.72 bits per heavy atom. The van der Waals surface area contributed by atoms with Crippen molar-refractivity contribution in [2.45, 2.75) is 13.0 Å². The minimum atomic E-state index is -0.516. The largest absolute Gasteiger partial charge is 0.484 e. The maximum Gasteiger partial charge on any atom is 0.142 e. The van der Waals surface area contributed by atoms with Crippen LogP contribution in [0.2, 0.25) is 10.0 Å². The molecule has 18 heavy (non-hydrogen) atoms. The molecule has 1 atom stereocenters. The van der Waals surface area contributed by atoms with Gasteiger partial charge in [-0.05, 0) is 31.2 Å². The summed E-state index contributed by atoms with van der Waals surface area (Å²) in [4.78, 5) is 3.93. The molecule has 0 aliphatic heterocycles. The summed E-state index contributed by atoms with van der Waals surface area (Å²) in [6.45, 7) is 1.75. The number of aromatic nitrogens is 1. The second kappa shape index (κ2) is 5.55. The lowest BCUT2D eigenvalue weighted by molar-refractivity contribution is 0.225. The molecule has 5 heteroatoms. The first kappa shape index (κ1) is 13.1. The van der Waals surface area contributed by atoms with Gasteiger partial charge >= 0.3 is 0 Å². The molecule has 2 aromatic rings. The van der Waals surface area contributed by atoms with Gasteiger partial charge in [0.1, 0.15) is 17.7 Å². The third-order valence-electron chi connectivity index (χ3n) is 2.43. The molecule has 1 heterocycles. The van der Waals surface area contributed by atoms with Crippen molar-refractivity contribution in [3.8, 4) is 5.75 Å². The molecular formula is C13H10Cl2FNO. The number of pyridine rings is 1. The van der Waals surface area contributed by atoms with Gasteiger partial charge in [-0.3, -0.25) is 4.98 Å². The van der Waals surface area contributed by atoms with Crippen LogP contribution in [0.5, 0.6) is 5.75 Å². The Balaban J connectivity index is 2.29. The topological polar surface area (TPSA) is 22.1 Å². The fourth-order valence-electron chi connectivity index (χ4n) is 1.60. The highest BCUT2D eigenvalue weighted by Gasteiger charge is 2.18. The maximum absolute atomic E-state index is 13.4. The van der Waals surface area contributed by atoms with Crippen LogP contribution in [0.4, 0.5) is 4.39 Å². The van der Waals surface area contributed by atoms with E-state index < -0.39 is 11.9 Å². The Hall–Kier alpha value is -1.32. The Morgan fingerprint density at radius 2 is 2.06 bits per heavy atom. The standard InChI is InChI=1S/C13H10Cl2FNO/c1-8(18-9-3-2-6-17-7-9)12-10(14)4-5-11(16)13(12)15/h2-8H,1H3/t8-/m1/s1. The van der Waals surface area contributed by atoms with E-state index in [1.807, 2.05) is 0 Å². The lowest BCUT2D eigenvalue weighted by atomic mass is 10.1.